The van der Waals surface area contributed by atoms with Crippen molar-refractivity contribution in [2.45, 2.75) is 0 Å². The standard InChI is InChI=1S/C8H4ClN3/c1-2-7-11-6-3-5(9)4-10-8(6)12-7/h1,3-4H,(H,10,11,12). The minimum absolute atomic E-state index is 0.472. The number of hydrogen-bond donors (Lipinski definition) is 1. The Hall–Kier alpha value is -1.53. The summed E-state index contributed by atoms with van der Waals surface area (Å²) < 4.78 is 0. The lowest BCUT2D eigenvalue weighted by Gasteiger charge is -1.86. The van der Waals surface area contributed by atoms with Crippen LogP contribution < -0.4 is 0 Å². The molecule has 0 radical (unpaired) electrons. The molecule has 0 unspecified atom stereocenters. The fourth-order valence-electron chi connectivity index (χ4n) is 0.943. The van der Waals surface area contributed by atoms with E-state index in [1.807, 2.05) is 0 Å². The fourth-order valence-corrected chi connectivity index (χ4v) is 1.10. The summed E-state index contributed by atoms with van der Waals surface area (Å²) in [6, 6.07) is 1.73. The lowest BCUT2D eigenvalue weighted by Crippen LogP contribution is -1.75. The molecule has 0 aliphatic carbocycles. The van der Waals surface area contributed by atoms with Gasteiger partial charge in [-0.15, -0.1) is 6.42 Å². The van der Waals surface area contributed by atoms with Crippen LogP contribution in [0.1, 0.15) is 5.82 Å². The monoisotopic (exact) mass is 177 g/mol. The second kappa shape index (κ2) is 2.50. The van der Waals surface area contributed by atoms with Crippen molar-refractivity contribution in [3.05, 3.63) is 23.1 Å². The summed E-state index contributed by atoms with van der Waals surface area (Å²) >= 11 is 5.71. The quantitative estimate of drug-likeness (QED) is 0.621. The van der Waals surface area contributed by atoms with E-state index in [1.165, 1.54) is 6.20 Å². The fraction of sp³-hybridized carbons (Fsp3) is 0. The largest absolute Gasteiger partial charge is 0.330 e. The Bertz CT molecular complexity index is 467. The van der Waals surface area contributed by atoms with E-state index in [0.717, 1.165) is 5.52 Å². The van der Waals surface area contributed by atoms with E-state index >= 15 is 0 Å². The molecule has 0 bridgehead atoms. The Kier molecular flexibility index (Phi) is 1.49. The summed E-state index contributed by atoms with van der Waals surface area (Å²) in [6.07, 6.45) is 6.68. The highest BCUT2D eigenvalue weighted by atomic mass is 35.5. The summed E-state index contributed by atoms with van der Waals surface area (Å²) in [6.45, 7) is 0. The van der Waals surface area contributed by atoms with Crippen molar-refractivity contribution >= 4 is 22.8 Å². The van der Waals surface area contributed by atoms with E-state index in [4.69, 9.17) is 18.0 Å². The van der Waals surface area contributed by atoms with Crippen LogP contribution >= 0.6 is 11.6 Å². The van der Waals surface area contributed by atoms with Gasteiger partial charge in [0.15, 0.2) is 11.5 Å². The normalized spacial score (nSPS) is 10.0. The number of imidazole rings is 1. The Morgan fingerprint density at radius 2 is 2.42 bits per heavy atom. The van der Waals surface area contributed by atoms with Crippen molar-refractivity contribution in [3.8, 4) is 12.3 Å². The van der Waals surface area contributed by atoms with Crippen LogP contribution in [0.25, 0.3) is 11.2 Å². The van der Waals surface area contributed by atoms with Crippen molar-refractivity contribution < 1.29 is 0 Å². The van der Waals surface area contributed by atoms with Crippen LogP contribution in [0, 0.1) is 12.3 Å². The van der Waals surface area contributed by atoms with Gasteiger partial charge in [0, 0.05) is 6.20 Å². The molecule has 0 amide bonds. The lowest BCUT2D eigenvalue weighted by molar-refractivity contribution is 1.26. The number of pyridine rings is 1. The van der Waals surface area contributed by atoms with Crippen molar-refractivity contribution in [1.29, 1.82) is 0 Å². The van der Waals surface area contributed by atoms with Crippen molar-refractivity contribution in [1.82, 2.24) is 15.0 Å². The summed E-state index contributed by atoms with van der Waals surface area (Å²) in [5, 5.41) is 0.565. The van der Waals surface area contributed by atoms with Crippen LogP contribution in [-0.4, -0.2) is 15.0 Å². The highest BCUT2D eigenvalue weighted by molar-refractivity contribution is 6.31. The number of hydrogen-bond acceptors (Lipinski definition) is 2. The van der Waals surface area contributed by atoms with Crippen LogP contribution in [0.5, 0.6) is 0 Å². The number of rotatable bonds is 0. The van der Waals surface area contributed by atoms with E-state index in [0.29, 0.717) is 16.5 Å². The maximum absolute atomic E-state index is 5.71. The molecule has 0 spiro atoms. The Balaban J connectivity index is 2.77. The van der Waals surface area contributed by atoms with Gasteiger partial charge in [-0.25, -0.2) is 9.97 Å². The van der Waals surface area contributed by atoms with Gasteiger partial charge in [0.05, 0.1) is 10.5 Å². The van der Waals surface area contributed by atoms with Gasteiger partial charge in [0.25, 0.3) is 0 Å². The summed E-state index contributed by atoms with van der Waals surface area (Å²) in [5.41, 5.74) is 1.35. The zero-order chi connectivity index (χ0) is 8.55. The molecule has 12 heavy (non-hydrogen) atoms. The smallest absolute Gasteiger partial charge is 0.185 e. The van der Waals surface area contributed by atoms with Crippen LogP contribution in [0.2, 0.25) is 5.02 Å². The Morgan fingerprint density at radius 3 is 3.17 bits per heavy atom. The Labute approximate surface area is 73.8 Å². The summed E-state index contributed by atoms with van der Waals surface area (Å²) in [5.74, 6) is 2.86. The highest BCUT2D eigenvalue weighted by Gasteiger charge is 2.00. The molecular formula is C8H4ClN3. The maximum atomic E-state index is 5.71. The molecule has 1 N–H and O–H groups in total. The second-order valence-electron chi connectivity index (χ2n) is 2.25. The summed E-state index contributed by atoms with van der Waals surface area (Å²) in [7, 11) is 0. The van der Waals surface area contributed by atoms with E-state index in [9.17, 15) is 0 Å². The van der Waals surface area contributed by atoms with E-state index in [1.54, 1.807) is 6.07 Å². The predicted octanol–water partition coefficient (Wildman–Crippen LogP) is 1.59. The minimum Gasteiger partial charge on any atom is -0.330 e. The number of terminal acetylenes is 1. The van der Waals surface area contributed by atoms with Gasteiger partial charge in [-0.3, -0.25) is 0 Å². The highest BCUT2D eigenvalue weighted by Crippen LogP contribution is 2.13. The topological polar surface area (TPSA) is 41.6 Å². The average molecular weight is 178 g/mol. The van der Waals surface area contributed by atoms with Crippen molar-refractivity contribution in [2.24, 2.45) is 0 Å². The molecule has 0 atom stereocenters. The number of aromatic nitrogens is 3. The van der Waals surface area contributed by atoms with E-state index in [-0.39, 0.29) is 0 Å². The van der Waals surface area contributed by atoms with Crippen LogP contribution in [0.15, 0.2) is 12.3 Å². The van der Waals surface area contributed by atoms with E-state index in [2.05, 4.69) is 20.9 Å². The first-order valence-corrected chi connectivity index (χ1v) is 3.65. The average Bonchev–Trinajstić information content (AvgIpc) is 2.46. The van der Waals surface area contributed by atoms with Gasteiger partial charge in [-0.1, -0.05) is 11.6 Å². The molecule has 0 aliphatic rings. The molecule has 0 fully saturated rings. The first-order valence-electron chi connectivity index (χ1n) is 3.27. The van der Waals surface area contributed by atoms with Crippen LogP contribution in [0.3, 0.4) is 0 Å². The Morgan fingerprint density at radius 1 is 1.58 bits per heavy atom. The van der Waals surface area contributed by atoms with Gasteiger partial charge in [0.2, 0.25) is 0 Å². The van der Waals surface area contributed by atoms with E-state index < -0.39 is 0 Å². The third-order valence-corrected chi connectivity index (χ3v) is 1.65. The molecule has 0 aromatic carbocycles. The van der Waals surface area contributed by atoms with Gasteiger partial charge in [-0.2, -0.15) is 0 Å². The number of nitrogens with one attached hydrogen (secondary N) is 1. The second-order valence-corrected chi connectivity index (χ2v) is 2.69. The molecule has 58 valence electrons. The molecule has 0 saturated carbocycles. The predicted molar refractivity (Wildman–Crippen MR) is 46.8 cm³/mol. The van der Waals surface area contributed by atoms with Gasteiger partial charge in [0.1, 0.15) is 0 Å². The molecule has 2 heterocycles. The molecule has 0 saturated heterocycles. The number of fused-ring (bicyclic) bond motifs is 1. The first kappa shape index (κ1) is 7.14. The molecule has 3 nitrogen and oxygen atoms in total. The minimum atomic E-state index is 0.472. The maximum Gasteiger partial charge on any atom is 0.185 e. The third-order valence-electron chi connectivity index (χ3n) is 1.44. The molecular weight excluding hydrogens is 174 g/mol. The number of halogens is 1. The third kappa shape index (κ3) is 1.03. The number of H-pyrrole nitrogens is 1. The van der Waals surface area contributed by atoms with Gasteiger partial charge in [-0.05, 0) is 12.0 Å². The van der Waals surface area contributed by atoms with Crippen molar-refractivity contribution in [2.75, 3.05) is 0 Å². The van der Waals surface area contributed by atoms with Gasteiger partial charge < -0.3 is 4.98 Å². The molecule has 2 aromatic heterocycles. The molecule has 0 aliphatic heterocycles. The molecule has 2 rings (SSSR count). The zero-order valence-electron chi connectivity index (χ0n) is 6.00. The SMILES string of the molecule is C#Cc1nc2ncc(Cl)cc2[nH]1. The van der Waals surface area contributed by atoms with Crippen molar-refractivity contribution in [3.63, 3.8) is 0 Å². The van der Waals surface area contributed by atoms with Crippen LogP contribution in [-0.2, 0) is 0 Å². The number of nitrogens with zero attached hydrogens (tertiary/aromatic N) is 2. The zero-order valence-corrected chi connectivity index (χ0v) is 6.76. The van der Waals surface area contributed by atoms with Crippen LogP contribution in [0.4, 0.5) is 0 Å². The lowest BCUT2D eigenvalue weighted by atomic mass is 10.4. The first-order chi connectivity index (χ1) is 5.79. The molecule has 2 aromatic rings. The number of aromatic amines is 1. The molecule has 4 heteroatoms. The summed E-state index contributed by atoms with van der Waals surface area (Å²) in [4.78, 5) is 10.9. The van der Waals surface area contributed by atoms with Gasteiger partial charge >= 0.3 is 0 Å².